The quantitative estimate of drug-likeness (QED) is 0.527. The Morgan fingerprint density at radius 1 is 1.53 bits per heavy atom. The second-order valence-electron chi connectivity index (χ2n) is 3.12. The van der Waals surface area contributed by atoms with Crippen LogP contribution in [0.4, 0.5) is 0 Å². The zero-order valence-corrected chi connectivity index (χ0v) is 9.03. The molecule has 0 aromatic heterocycles. The minimum Gasteiger partial charge on any atom is -0.343 e. The number of nitrogens with zero attached hydrogens (tertiary/aromatic N) is 1. The number of rotatable bonds is 6. The van der Waals surface area contributed by atoms with E-state index >= 15 is 0 Å². The zero-order chi connectivity index (χ0) is 11.8. The molecule has 0 saturated heterocycles. The zero-order valence-electron chi connectivity index (χ0n) is 9.03. The van der Waals surface area contributed by atoms with Crippen LogP contribution < -0.4 is 11.1 Å². The molecule has 0 aromatic rings. The molecule has 0 heterocycles. The van der Waals surface area contributed by atoms with E-state index in [0.717, 1.165) is 0 Å². The van der Waals surface area contributed by atoms with Crippen molar-refractivity contribution in [2.75, 3.05) is 20.1 Å². The second-order valence-corrected chi connectivity index (χ2v) is 3.12. The van der Waals surface area contributed by atoms with Gasteiger partial charge < -0.3 is 20.7 Å². The molecular formula is C9H17N3O3. The first-order chi connectivity index (χ1) is 7.06. The van der Waals surface area contributed by atoms with Gasteiger partial charge in [-0.05, 0) is 6.42 Å². The number of carbonyl (C=O) groups excluding carboxylic acids is 3. The molecule has 15 heavy (non-hydrogen) atoms. The van der Waals surface area contributed by atoms with E-state index in [-0.39, 0.29) is 24.9 Å². The number of carbonyl (C=O) groups is 3. The van der Waals surface area contributed by atoms with E-state index in [1.807, 2.05) is 0 Å². The van der Waals surface area contributed by atoms with Crippen molar-refractivity contribution in [3.05, 3.63) is 0 Å². The molecule has 0 aromatic carbocycles. The summed E-state index contributed by atoms with van der Waals surface area (Å²) in [7, 11) is 1.51. The van der Waals surface area contributed by atoms with Crippen molar-refractivity contribution in [1.29, 1.82) is 0 Å². The number of hydrogen-bond donors (Lipinski definition) is 2. The number of nitrogens with two attached hydrogens (primary N) is 1. The highest BCUT2D eigenvalue weighted by Crippen LogP contribution is 1.96. The first-order valence-corrected chi connectivity index (χ1v) is 4.74. The van der Waals surface area contributed by atoms with Crippen molar-refractivity contribution in [3.8, 4) is 0 Å². The van der Waals surface area contributed by atoms with Gasteiger partial charge in [-0.1, -0.05) is 6.92 Å². The normalized spacial score (nSPS) is 11.7. The van der Waals surface area contributed by atoms with Crippen LogP contribution >= 0.6 is 0 Å². The number of amides is 2. The summed E-state index contributed by atoms with van der Waals surface area (Å²) in [6.07, 6.45) is 1.10. The Bertz CT molecular complexity index is 243. The Labute approximate surface area is 88.8 Å². The lowest BCUT2D eigenvalue weighted by Gasteiger charge is -2.21. The van der Waals surface area contributed by atoms with Crippen LogP contribution in [0.1, 0.15) is 13.3 Å². The van der Waals surface area contributed by atoms with E-state index in [2.05, 4.69) is 5.32 Å². The Balaban J connectivity index is 4.32. The highest BCUT2D eigenvalue weighted by molar-refractivity contribution is 5.88. The Morgan fingerprint density at radius 3 is 2.53 bits per heavy atom. The van der Waals surface area contributed by atoms with Gasteiger partial charge in [0, 0.05) is 7.05 Å². The SMILES string of the molecule is CC[C@H](NC(=O)CN)C(=O)N(C)CC=O. The van der Waals surface area contributed by atoms with Crippen LogP contribution in [0.25, 0.3) is 0 Å². The highest BCUT2D eigenvalue weighted by Gasteiger charge is 2.21. The molecule has 0 aliphatic heterocycles. The molecule has 0 aliphatic rings. The monoisotopic (exact) mass is 215 g/mol. The van der Waals surface area contributed by atoms with Crippen LogP contribution in [0.3, 0.4) is 0 Å². The fourth-order valence-corrected chi connectivity index (χ4v) is 1.06. The van der Waals surface area contributed by atoms with E-state index in [1.165, 1.54) is 11.9 Å². The van der Waals surface area contributed by atoms with Crippen molar-refractivity contribution in [1.82, 2.24) is 10.2 Å². The van der Waals surface area contributed by atoms with Gasteiger partial charge in [-0.3, -0.25) is 9.59 Å². The lowest BCUT2D eigenvalue weighted by molar-refractivity contribution is -0.136. The molecular weight excluding hydrogens is 198 g/mol. The molecule has 0 radical (unpaired) electrons. The van der Waals surface area contributed by atoms with Crippen molar-refractivity contribution in [3.63, 3.8) is 0 Å². The highest BCUT2D eigenvalue weighted by atomic mass is 16.2. The van der Waals surface area contributed by atoms with Crippen LogP contribution in [-0.4, -0.2) is 49.2 Å². The Morgan fingerprint density at radius 2 is 2.13 bits per heavy atom. The van der Waals surface area contributed by atoms with Gasteiger partial charge in [-0.2, -0.15) is 0 Å². The number of likely N-dealkylation sites (N-methyl/N-ethyl adjacent to an activating group) is 1. The van der Waals surface area contributed by atoms with Gasteiger partial charge in [0.2, 0.25) is 11.8 Å². The average molecular weight is 215 g/mol. The molecule has 0 spiro atoms. The third kappa shape index (κ3) is 4.55. The van der Waals surface area contributed by atoms with Crippen molar-refractivity contribution >= 4 is 18.1 Å². The van der Waals surface area contributed by atoms with Crippen LogP contribution in [-0.2, 0) is 14.4 Å². The first kappa shape index (κ1) is 13.6. The van der Waals surface area contributed by atoms with E-state index < -0.39 is 6.04 Å². The molecule has 0 aliphatic carbocycles. The maximum atomic E-state index is 11.6. The molecule has 0 saturated carbocycles. The predicted octanol–water partition coefficient (Wildman–Crippen LogP) is -1.50. The summed E-state index contributed by atoms with van der Waals surface area (Å²) in [5.41, 5.74) is 5.12. The molecule has 3 N–H and O–H groups in total. The predicted molar refractivity (Wildman–Crippen MR) is 55.0 cm³/mol. The van der Waals surface area contributed by atoms with Crippen molar-refractivity contribution in [2.45, 2.75) is 19.4 Å². The van der Waals surface area contributed by atoms with Crippen LogP contribution in [0, 0.1) is 0 Å². The molecule has 0 unspecified atom stereocenters. The van der Waals surface area contributed by atoms with E-state index in [9.17, 15) is 14.4 Å². The van der Waals surface area contributed by atoms with Crippen molar-refractivity contribution in [2.24, 2.45) is 5.73 Å². The largest absolute Gasteiger partial charge is 0.343 e. The lowest BCUT2D eigenvalue weighted by Crippen LogP contribution is -2.48. The van der Waals surface area contributed by atoms with Crippen LogP contribution in [0.15, 0.2) is 0 Å². The molecule has 0 rings (SSSR count). The van der Waals surface area contributed by atoms with Crippen molar-refractivity contribution < 1.29 is 14.4 Å². The molecule has 0 fully saturated rings. The minimum atomic E-state index is -0.606. The van der Waals surface area contributed by atoms with Gasteiger partial charge in [0.15, 0.2) is 0 Å². The van der Waals surface area contributed by atoms with Crippen LogP contribution in [0.5, 0.6) is 0 Å². The molecule has 6 heteroatoms. The topological polar surface area (TPSA) is 92.5 Å². The lowest BCUT2D eigenvalue weighted by atomic mass is 10.2. The molecule has 1 atom stereocenters. The Kier molecular flexibility index (Phi) is 6.28. The molecule has 6 nitrogen and oxygen atoms in total. The smallest absolute Gasteiger partial charge is 0.245 e. The van der Waals surface area contributed by atoms with Gasteiger partial charge in [-0.15, -0.1) is 0 Å². The maximum absolute atomic E-state index is 11.6. The summed E-state index contributed by atoms with van der Waals surface area (Å²) in [5, 5.41) is 2.48. The minimum absolute atomic E-state index is 0.0217. The molecule has 86 valence electrons. The second kappa shape index (κ2) is 6.94. The van der Waals surface area contributed by atoms with Gasteiger partial charge in [0.25, 0.3) is 0 Å². The number of aldehydes is 1. The number of hydrogen-bond acceptors (Lipinski definition) is 4. The molecule has 0 bridgehead atoms. The van der Waals surface area contributed by atoms with Gasteiger partial charge in [0.1, 0.15) is 12.3 Å². The van der Waals surface area contributed by atoms with E-state index in [1.54, 1.807) is 6.92 Å². The first-order valence-electron chi connectivity index (χ1n) is 4.74. The summed E-state index contributed by atoms with van der Waals surface area (Å²) in [4.78, 5) is 34.1. The summed E-state index contributed by atoms with van der Waals surface area (Å²) in [6.45, 7) is 1.64. The third-order valence-corrected chi connectivity index (χ3v) is 1.95. The van der Waals surface area contributed by atoms with Gasteiger partial charge in [0.05, 0.1) is 13.1 Å². The molecule has 2 amide bonds. The summed E-state index contributed by atoms with van der Waals surface area (Å²) in [6, 6.07) is -0.606. The van der Waals surface area contributed by atoms with Gasteiger partial charge >= 0.3 is 0 Å². The maximum Gasteiger partial charge on any atom is 0.245 e. The average Bonchev–Trinajstić information content (AvgIpc) is 2.24. The summed E-state index contributed by atoms with van der Waals surface area (Å²) < 4.78 is 0. The van der Waals surface area contributed by atoms with E-state index in [0.29, 0.717) is 12.7 Å². The standard InChI is InChI=1S/C9H17N3O3/c1-3-7(11-8(14)6-10)9(15)12(2)4-5-13/h5,7H,3-4,6,10H2,1-2H3,(H,11,14)/t7-/m0/s1. The van der Waals surface area contributed by atoms with Crippen LogP contribution in [0.2, 0.25) is 0 Å². The summed E-state index contributed by atoms with van der Waals surface area (Å²) in [5.74, 6) is -0.666. The fraction of sp³-hybridized carbons (Fsp3) is 0.667. The number of nitrogens with one attached hydrogen (secondary N) is 1. The van der Waals surface area contributed by atoms with E-state index in [4.69, 9.17) is 5.73 Å². The third-order valence-electron chi connectivity index (χ3n) is 1.95. The van der Waals surface area contributed by atoms with Gasteiger partial charge in [-0.25, -0.2) is 0 Å². The Hall–Kier alpha value is -1.43. The fourth-order valence-electron chi connectivity index (χ4n) is 1.06. The summed E-state index contributed by atoms with van der Waals surface area (Å²) >= 11 is 0.